The molecule has 0 bridgehead atoms. The SMILES string of the molecule is O=C1c2ccccc2C(=O)C1c1cc(F)cc(Br)c1. The maximum atomic E-state index is 13.4. The Morgan fingerprint density at radius 3 is 2.05 bits per heavy atom. The summed E-state index contributed by atoms with van der Waals surface area (Å²) in [4.78, 5) is 24.5. The molecule has 0 unspecified atom stereocenters. The van der Waals surface area contributed by atoms with Crippen molar-refractivity contribution in [2.24, 2.45) is 0 Å². The van der Waals surface area contributed by atoms with Gasteiger partial charge in [-0.15, -0.1) is 0 Å². The van der Waals surface area contributed by atoms with Crippen LogP contribution < -0.4 is 0 Å². The van der Waals surface area contributed by atoms with Crippen LogP contribution in [0, 0.1) is 5.82 Å². The topological polar surface area (TPSA) is 34.1 Å². The lowest BCUT2D eigenvalue weighted by molar-refractivity contribution is 0.0890. The van der Waals surface area contributed by atoms with Crippen LogP contribution in [0.25, 0.3) is 0 Å². The summed E-state index contributed by atoms with van der Waals surface area (Å²) in [6.45, 7) is 0. The molecule has 0 aliphatic heterocycles. The molecule has 94 valence electrons. The summed E-state index contributed by atoms with van der Waals surface area (Å²) < 4.78 is 13.9. The Balaban J connectivity index is 2.14. The van der Waals surface area contributed by atoms with Crippen LogP contribution in [0.4, 0.5) is 4.39 Å². The molecule has 2 aromatic carbocycles. The average Bonchev–Trinajstić information content (AvgIpc) is 2.61. The molecular weight excluding hydrogens is 311 g/mol. The molecule has 1 aliphatic carbocycles. The second kappa shape index (κ2) is 4.38. The van der Waals surface area contributed by atoms with Gasteiger partial charge >= 0.3 is 0 Å². The Morgan fingerprint density at radius 1 is 0.947 bits per heavy atom. The maximum absolute atomic E-state index is 13.4. The molecule has 0 saturated heterocycles. The normalized spacial score (nSPS) is 14.8. The molecule has 0 heterocycles. The fourth-order valence-corrected chi connectivity index (χ4v) is 2.87. The van der Waals surface area contributed by atoms with Crippen LogP contribution in [0.5, 0.6) is 0 Å². The van der Waals surface area contributed by atoms with E-state index in [0.717, 1.165) is 0 Å². The van der Waals surface area contributed by atoms with Crippen molar-refractivity contribution in [1.29, 1.82) is 0 Å². The highest BCUT2D eigenvalue weighted by Crippen LogP contribution is 2.35. The Labute approximate surface area is 117 Å². The van der Waals surface area contributed by atoms with E-state index in [1.807, 2.05) is 0 Å². The summed E-state index contributed by atoms with van der Waals surface area (Å²) in [6.07, 6.45) is 0. The standard InChI is InChI=1S/C15H8BrFO2/c16-9-5-8(6-10(17)7-9)13-14(18)11-3-1-2-4-12(11)15(13)19/h1-7,13H. The van der Waals surface area contributed by atoms with Crippen molar-refractivity contribution in [2.45, 2.75) is 5.92 Å². The molecule has 0 aromatic heterocycles. The molecule has 1 aliphatic rings. The molecule has 0 spiro atoms. The van der Waals surface area contributed by atoms with E-state index in [0.29, 0.717) is 21.2 Å². The quantitative estimate of drug-likeness (QED) is 0.750. The predicted octanol–water partition coefficient (Wildman–Crippen LogP) is 3.75. The van der Waals surface area contributed by atoms with Gasteiger partial charge in [0.05, 0.1) is 0 Å². The third-order valence-electron chi connectivity index (χ3n) is 3.20. The predicted molar refractivity (Wildman–Crippen MR) is 71.9 cm³/mol. The van der Waals surface area contributed by atoms with Gasteiger partial charge in [0.2, 0.25) is 0 Å². The number of benzene rings is 2. The van der Waals surface area contributed by atoms with Gasteiger partial charge < -0.3 is 0 Å². The molecule has 19 heavy (non-hydrogen) atoms. The highest BCUT2D eigenvalue weighted by molar-refractivity contribution is 9.10. The zero-order chi connectivity index (χ0) is 13.6. The highest BCUT2D eigenvalue weighted by atomic mass is 79.9. The van der Waals surface area contributed by atoms with E-state index in [1.54, 1.807) is 30.3 Å². The summed E-state index contributed by atoms with van der Waals surface area (Å²) in [5, 5.41) is 0. The molecule has 2 nitrogen and oxygen atoms in total. The van der Waals surface area contributed by atoms with Gasteiger partial charge in [-0.3, -0.25) is 9.59 Å². The van der Waals surface area contributed by atoms with Gasteiger partial charge in [0.1, 0.15) is 11.7 Å². The van der Waals surface area contributed by atoms with Crippen molar-refractivity contribution in [2.75, 3.05) is 0 Å². The number of halogens is 2. The number of carbonyl (C=O) groups is 2. The third-order valence-corrected chi connectivity index (χ3v) is 3.66. The van der Waals surface area contributed by atoms with E-state index in [2.05, 4.69) is 15.9 Å². The minimum absolute atomic E-state index is 0.266. The van der Waals surface area contributed by atoms with Crippen LogP contribution in [0.1, 0.15) is 32.2 Å². The minimum Gasteiger partial charge on any atom is -0.293 e. The Kier molecular flexibility index (Phi) is 2.82. The van der Waals surface area contributed by atoms with E-state index in [1.165, 1.54) is 12.1 Å². The Bertz CT molecular complexity index is 654. The van der Waals surface area contributed by atoms with Gasteiger partial charge in [-0.25, -0.2) is 4.39 Å². The average molecular weight is 319 g/mol. The Hall–Kier alpha value is -1.81. The van der Waals surface area contributed by atoms with E-state index < -0.39 is 11.7 Å². The summed E-state index contributed by atoms with van der Waals surface area (Å²) in [6, 6.07) is 10.8. The van der Waals surface area contributed by atoms with E-state index >= 15 is 0 Å². The Morgan fingerprint density at radius 2 is 1.53 bits per heavy atom. The first-order valence-corrected chi connectivity index (χ1v) is 6.50. The fourth-order valence-electron chi connectivity index (χ4n) is 2.39. The summed E-state index contributed by atoms with van der Waals surface area (Å²) in [5.41, 5.74) is 1.22. The smallest absolute Gasteiger partial charge is 0.178 e. The van der Waals surface area contributed by atoms with Gasteiger partial charge in [-0.1, -0.05) is 40.2 Å². The highest BCUT2D eigenvalue weighted by Gasteiger charge is 2.39. The molecule has 2 aromatic rings. The number of hydrogen-bond donors (Lipinski definition) is 0. The van der Waals surface area contributed by atoms with Crippen LogP contribution >= 0.6 is 15.9 Å². The number of ketones is 2. The molecule has 0 radical (unpaired) electrons. The monoisotopic (exact) mass is 318 g/mol. The summed E-state index contributed by atoms with van der Waals surface area (Å²) in [7, 11) is 0. The first-order valence-electron chi connectivity index (χ1n) is 5.71. The van der Waals surface area contributed by atoms with Crippen LogP contribution in [0.15, 0.2) is 46.9 Å². The van der Waals surface area contributed by atoms with Gasteiger partial charge in [0.15, 0.2) is 11.6 Å². The first kappa shape index (κ1) is 12.2. The summed E-state index contributed by atoms with van der Waals surface area (Å²) >= 11 is 3.17. The molecule has 0 fully saturated rings. The van der Waals surface area contributed by atoms with Crippen LogP contribution in [-0.2, 0) is 0 Å². The van der Waals surface area contributed by atoms with Crippen molar-refractivity contribution in [1.82, 2.24) is 0 Å². The second-order valence-electron chi connectivity index (χ2n) is 4.41. The van der Waals surface area contributed by atoms with Gasteiger partial charge in [0, 0.05) is 15.6 Å². The number of carbonyl (C=O) groups excluding carboxylic acids is 2. The molecule has 0 atom stereocenters. The van der Waals surface area contributed by atoms with E-state index in [4.69, 9.17) is 0 Å². The largest absolute Gasteiger partial charge is 0.293 e. The minimum atomic E-state index is -0.926. The van der Waals surface area contributed by atoms with Crippen molar-refractivity contribution in [3.8, 4) is 0 Å². The van der Waals surface area contributed by atoms with Crippen molar-refractivity contribution < 1.29 is 14.0 Å². The number of hydrogen-bond acceptors (Lipinski definition) is 2. The van der Waals surface area contributed by atoms with Gasteiger partial charge in [-0.2, -0.15) is 0 Å². The molecule has 4 heteroatoms. The van der Waals surface area contributed by atoms with Crippen LogP contribution in [0.3, 0.4) is 0 Å². The zero-order valence-corrected chi connectivity index (χ0v) is 11.3. The number of rotatable bonds is 1. The molecule has 0 saturated carbocycles. The molecular formula is C15H8BrFO2. The lowest BCUT2D eigenvalue weighted by atomic mass is 9.94. The van der Waals surface area contributed by atoms with Crippen molar-refractivity contribution in [3.05, 3.63) is 69.4 Å². The van der Waals surface area contributed by atoms with Crippen molar-refractivity contribution >= 4 is 27.5 Å². The van der Waals surface area contributed by atoms with Crippen molar-refractivity contribution in [3.63, 3.8) is 0 Å². The van der Waals surface area contributed by atoms with E-state index in [-0.39, 0.29) is 11.6 Å². The number of fused-ring (bicyclic) bond motifs is 1. The van der Waals surface area contributed by atoms with Gasteiger partial charge in [-0.05, 0) is 23.8 Å². The molecule has 3 rings (SSSR count). The molecule has 0 amide bonds. The van der Waals surface area contributed by atoms with Crippen LogP contribution in [0.2, 0.25) is 0 Å². The van der Waals surface area contributed by atoms with Crippen LogP contribution in [-0.4, -0.2) is 11.6 Å². The summed E-state index contributed by atoms with van der Waals surface area (Å²) in [5.74, 6) is -1.93. The lowest BCUT2D eigenvalue weighted by Gasteiger charge is -2.08. The van der Waals surface area contributed by atoms with E-state index in [9.17, 15) is 14.0 Å². The lowest BCUT2D eigenvalue weighted by Crippen LogP contribution is -2.13. The van der Waals surface area contributed by atoms with Gasteiger partial charge in [0.25, 0.3) is 0 Å². The first-order chi connectivity index (χ1) is 9.08. The fraction of sp³-hybridized carbons (Fsp3) is 0.0667. The molecule has 0 N–H and O–H groups in total. The number of Topliss-reactive ketones (excluding diaryl/α,β-unsaturated/α-hetero) is 2. The maximum Gasteiger partial charge on any atom is 0.178 e. The zero-order valence-electron chi connectivity index (χ0n) is 9.69. The second-order valence-corrected chi connectivity index (χ2v) is 5.33. The third kappa shape index (κ3) is 1.92.